The number of nitrogens with one attached hydrogen (secondary N) is 1. The number of anilines is 1. The molecule has 0 saturated carbocycles. The van der Waals surface area contributed by atoms with Crippen molar-refractivity contribution >= 4 is 34.2 Å². The Balaban J connectivity index is 2.69. The second kappa shape index (κ2) is 5.77. The molecule has 0 aliphatic rings. The predicted molar refractivity (Wildman–Crippen MR) is 73.5 cm³/mol. The van der Waals surface area contributed by atoms with Crippen molar-refractivity contribution in [2.45, 2.75) is 25.9 Å². The summed E-state index contributed by atoms with van der Waals surface area (Å²) < 4.78 is 18.7. The van der Waals surface area contributed by atoms with Crippen LogP contribution in [0, 0.1) is 9.39 Å². The van der Waals surface area contributed by atoms with E-state index in [2.05, 4.69) is 5.32 Å². The van der Waals surface area contributed by atoms with Crippen LogP contribution in [0.3, 0.4) is 0 Å². The maximum Gasteiger partial charge on any atom is 0.227 e. The van der Waals surface area contributed by atoms with Crippen molar-refractivity contribution in [2.24, 2.45) is 0 Å². The Kier molecular flexibility index (Phi) is 4.88. The quantitative estimate of drug-likeness (QED) is 0.847. The zero-order chi connectivity index (χ0) is 13.1. The Morgan fingerprint density at radius 3 is 2.71 bits per heavy atom. The summed E-state index contributed by atoms with van der Waals surface area (Å²) in [5.41, 5.74) is 0.110. The fourth-order valence-corrected chi connectivity index (χ4v) is 1.86. The van der Waals surface area contributed by atoms with E-state index in [0.29, 0.717) is 9.26 Å². The average molecular weight is 351 g/mol. The number of carbonyl (C=O) groups is 1. The van der Waals surface area contributed by atoms with Crippen molar-refractivity contribution in [3.8, 4) is 0 Å². The third-order valence-corrected chi connectivity index (χ3v) is 3.24. The van der Waals surface area contributed by atoms with E-state index in [9.17, 15) is 9.18 Å². The summed E-state index contributed by atoms with van der Waals surface area (Å²) in [6.45, 7) is 3.67. The van der Waals surface area contributed by atoms with E-state index in [0.717, 1.165) is 0 Å². The molecule has 3 nitrogen and oxygen atoms in total. The van der Waals surface area contributed by atoms with Crippen LogP contribution < -0.4 is 5.32 Å². The van der Waals surface area contributed by atoms with E-state index in [1.807, 2.05) is 36.4 Å². The van der Waals surface area contributed by atoms with Crippen LogP contribution in [0.2, 0.25) is 0 Å². The Labute approximate surface area is 114 Å². The van der Waals surface area contributed by atoms with E-state index in [1.54, 1.807) is 13.2 Å². The SMILES string of the molecule is COC(C)(C)CC(=O)Nc1ccc(F)cc1I. The number of rotatable bonds is 4. The van der Waals surface area contributed by atoms with Gasteiger partial charge in [-0.05, 0) is 54.6 Å². The molecule has 1 rings (SSSR count). The van der Waals surface area contributed by atoms with Gasteiger partial charge in [0.15, 0.2) is 0 Å². The first kappa shape index (κ1) is 14.4. The van der Waals surface area contributed by atoms with Crippen molar-refractivity contribution in [3.63, 3.8) is 0 Å². The molecule has 0 radical (unpaired) electrons. The van der Waals surface area contributed by atoms with Gasteiger partial charge in [-0.25, -0.2) is 4.39 Å². The molecule has 0 aliphatic heterocycles. The number of amides is 1. The van der Waals surface area contributed by atoms with Crippen LogP contribution in [-0.4, -0.2) is 18.6 Å². The number of methoxy groups -OCH3 is 1. The highest BCUT2D eigenvalue weighted by molar-refractivity contribution is 14.1. The molecule has 0 heterocycles. The number of ether oxygens (including phenoxy) is 1. The van der Waals surface area contributed by atoms with Gasteiger partial charge in [-0.2, -0.15) is 0 Å². The molecule has 0 fully saturated rings. The lowest BCUT2D eigenvalue weighted by molar-refractivity contribution is -0.121. The third kappa shape index (κ3) is 4.59. The zero-order valence-electron chi connectivity index (χ0n) is 10.0. The highest BCUT2D eigenvalue weighted by atomic mass is 127. The summed E-state index contributed by atoms with van der Waals surface area (Å²) in [7, 11) is 1.56. The van der Waals surface area contributed by atoms with Crippen LogP contribution in [0.5, 0.6) is 0 Å². The Morgan fingerprint density at radius 1 is 1.53 bits per heavy atom. The number of hydrogen-bond donors (Lipinski definition) is 1. The maximum absolute atomic E-state index is 12.9. The first-order valence-corrected chi connectivity index (χ1v) is 6.22. The minimum absolute atomic E-state index is 0.152. The van der Waals surface area contributed by atoms with Gasteiger partial charge in [-0.15, -0.1) is 0 Å². The first-order chi connectivity index (χ1) is 7.84. The van der Waals surface area contributed by atoms with Gasteiger partial charge in [0.1, 0.15) is 5.82 Å². The molecule has 0 aromatic heterocycles. The second-order valence-corrected chi connectivity index (χ2v) is 5.48. The van der Waals surface area contributed by atoms with Crippen LogP contribution in [0.4, 0.5) is 10.1 Å². The molecule has 1 aromatic rings. The molecule has 0 aliphatic carbocycles. The molecular weight excluding hydrogens is 336 g/mol. The normalized spacial score (nSPS) is 11.4. The third-order valence-electron chi connectivity index (χ3n) is 2.34. The van der Waals surface area contributed by atoms with Gasteiger partial charge in [-0.3, -0.25) is 4.79 Å². The van der Waals surface area contributed by atoms with E-state index in [4.69, 9.17) is 4.74 Å². The molecule has 1 aromatic carbocycles. The Bertz CT molecular complexity index is 421. The minimum atomic E-state index is -0.504. The summed E-state index contributed by atoms with van der Waals surface area (Å²) in [4.78, 5) is 11.7. The Morgan fingerprint density at radius 2 is 2.18 bits per heavy atom. The summed E-state index contributed by atoms with van der Waals surface area (Å²) >= 11 is 1.98. The van der Waals surface area contributed by atoms with E-state index < -0.39 is 5.60 Å². The van der Waals surface area contributed by atoms with Crippen LogP contribution >= 0.6 is 22.6 Å². The molecule has 0 atom stereocenters. The van der Waals surface area contributed by atoms with Crippen LogP contribution in [0.25, 0.3) is 0 Å². The molecule has 0 bridgehead atoms. The zero-order valence-corrected chi connectivity index (χ0v) is 12.2. The standard InChI is InChI=1S/C12H15FINO2/c1-12(2,17-3)7-11(16)15-10-5-4-8(13)6-9(10)14/h4-6H,7H2,1-3H3,(H,15,16). The maximum atomic E-state index is 12.9. The molecule has 1 N–H and O–H groups in total. The molecule has 0 unspecified atom stereocenters. The van der Waals surface area contributed by atoms with Gasteiger partial charge >= 0.3 is 0 Å². The Hall–Kier alpha value is -0.690. The fraction of sp³-hybridized carbons (Fsp3) is 0.417. The van der Waals surface area contributed by atoms with Crippen molar-refractivity contribution in [3.05, 3.63) is 27.6 Å². The smallest absolute Gasteiger partial charge is 0.227 e. The number of benzene rings is 1. The molecule has 17 heavy (non-hydrogen) atoms. The topological polar surface area (TPSA) is 38.3 Å². The van der Waals surface area contributed by atoms with Crippen molar-refractivity contribution in [1.82, 2.24) is 0 Å². The summed E-state index contributed by atoms with van der Waals surface area (Å²) in [6, 6.07) is 4.24. The van der Waals surface area contributed by atoms with Crippen molar-refractivity contribution in [1.29, 1.82) is 0 Å². The van der Waals surface area contributed by atoms with Gasteiger partial charge in [0.25, 0.3) is 0 Å². The van der Waals surface area contributed by atoms with Gasteiger partial charge in [0.05, 0.1) is 17.7 Å². The van der Waals surface area contributed by atoms with Gasteiger partial charge < -0.3 is 10.1 Å². The monoisotopic (exact) mass is 351 g/mol. The molecule has 0 saturated heterocycles. The summed E-state index contributed by atoms with van der Waals surface area (Å²) in [6.07, 6.45) is 0.247. The number of hydrogen-bond acceptors (Lipinski definition) is 2. The van der Waals surface area contributed by atoms with Gasteiger partial charge in [0.2, 0.25) is 5.91 Å². The van der Waals surface area contributed by atoms with E-state index >= 15 is 0 Å². The van der Waals surface area contributed by atoms with Crippen LogP contribution in [-0.2, 0) is 9.53 Å². The fourth-order valence-electron chi connectivity index (χ4n) is 1.24. The lowest BCUT2D eigenvalue weighted by Gasteiger charge is -2.22. The summed E-state index contributed by atoms with van der Waals surface area (Å²) in [5.74, 6) is -0.467. The average Bonchev–Trinajstić information content (AvgIpc) is 2.21. The van der Waals surface area contributed by atoms with E-state index in [1.165, 1.54) is 12.1 Å². The molecular formula is C12H15FINO2. The van der Waals surface area contributed by atoms with Crippen molar-refractivity contribution < 1.29 is 13.9 Å². The summed E-state index contributed by atoms with van der Waals surface area (Å²) in [5, 5.41) is 2.73. The van der Waals surface area contributed by atoms with Gasteiger partial charge in [0, 0.05) is 10.7 Å². The highest BCUT2D eigenvalue weighted by Gasteiger charge is 2.21. The first-order valence-electron chi connectivity index (χ1n) is 5.14. The lowest BCUT2D eigenvalue weighted by atomic mass is 10.0. The molecule has 1 amide bonds. The number of halogens is 2. The molecule has 0 spiro atoms. The van der Waals surface area contributed by atoms with Gasteiger partial charge in [-0.1, -0.05) is 0 Å². The second-order valence-electron chi connectivity index (χ2n) is 4.31. The number of carbonyl (C=O) groups excluding carboxylic acids is 1. The van der Waals surface area contributed by atoms with Crippen molar-refractivity contribution in [2.75, 3.05) is 12.4 Å². The minimum Gasteiger partial charge on any atom is -0.378 e. The molecule has 5 heteroatoms. The molecule has 94 valence electrons. The van der Waals surface area contributed by atoms with Crippen LogP contribution in [0.1, 0.15) is 20.3 Å². The lowest BCUT2D eigenvalue weighted by Crippen LogP contribution is -2.29. The van der Waals surface area contributed by atoms with E-state index in [-0.39, 0.29) is 18.1 Å². The predicted octanol–water partition coefficient (Wildman–Crippen LogP) is 3.18. The largest absolute Gasteiger partial charge is 0.378 e. The van der Waals surface area contributed by atoms with Crippen LogP contribution in [0.15, 0.2) is 18.2 Å². The highest BCUT2D eigenvalue weighted by Crippen LogP contribution is 2.20.